The maximum atomic E-state index is 11.3. The Hall–Kier alpha value is -1.99. The molecule has 0 radical (unpaired) electrons. The zero-order valence-corrected chi connectivity index (χ0v) is 10.7. The largest absolute Gasteiger partial charge is 0.464 e. The molecule has 0 saturated carbocycles. The number of aliphatic hydroxyl groups excluding tert-OH is 2. The van der Waals surface area contributed by atoms with Gasteiger partial charge < -0.3 is 20.7 Å². The van der Waals surface area contributed by atoms with Crippen LogP contribution >= 0.6 is 0 Å². The Kier molecular flexibility index (Phi) is 4.96. The van der Waals surface area contributed by atoms with Crippen molar-refractivity contribution in [1.82, 2.24) is 4.98 Å². The molecule has 2 atom stereocenters. The van der Waals surface area contributed by atoms with Crippen LogP contribution in [-0.4, -0.2) is 40.3 Å². The first kappa shape index (κ1) is 15.1. The van der Waals surface area contributed by atoms with Crippen LogP contribution in [0.3, 0.4) is 0 Å². The number of aryl methyl sites for hydroxylation is 1. The Labute approximate surface area is 110 Å². The van der Waals surface area contributed by atoms with Gasteiger partial charge in [-0.2, -0.15) is 0 Å². The Morgan fingerprint density at radius 2 is 2.11 bits per heavy atom. The zero-order valence-electron chi connectivity index (χ0n) is 10.7. The summed E-state index contributed by atoms with van der Waals surface area (Å²) >= 11 is 0. The lowest BCUT2D eigenvalue weighted by molar-refractivity contribution is -0.121. The van der Waals surface area contributed by atoms with Gasteiger partial charge in [0.25, 0.3) is 0 Å². The van der Waals surface area contributed by atoms with Gasteiger partial charge in [-0.25, -0.2) is 9.78 Å². The molecule has 0 saturated heterocycles. The molecule has 19 heavy (non-hydrogen) atoms. The third kappa shape index (κ3) is 3.73. The Morgan fingerprint density at radius 3 is 2.58 bits per heavy atom. The molecule has 0 aliphatic heterocycles. The van der Waals surface area contributed by atoms with E-state index in [1.54, 1.807) is 6.92 Å². The predicted octanol–water partition coefficient (Wildman–Crippen LogP) is -0.554. The third-order valence-electron chi connectivity index (χ3n) is 2.59. The molecule has 0 bridgehead atoms. The first-order valence-electron chi connectivity index (χ1n) is 5.56. The molecule has 1 aromatic heterocycles. The molecule has 0 spiro atoms. The van der Waals surface area contributed by atoms with E-state index in [0.717, 1.165) is 0 Å². The number of esters is 1. The van der Waals surface area contributed by atoms with Crippen molar-refractivity contribution in [3.8, 4) is 0 Å². The number of aliphatic hydroxyl groups is 2. The smallest absolute Gasteiger partial charge is 0.356 e. The van der Waals surface area contributed by atoms with Crippen molar-refractivity contribution in [2.45, 2.75) is 25.6 Å². The first-order chi connectivity index (χ1) is 8.86. The lowest BCUT2D eigenvalue weighted by Gasteiger charge is -2.17. The van der Waals surface area contributed by atoms with Crippen molar-refractivity contribution in [2.24, 2.45) is 5.73 Å². The van der Waals surface area contributed by atoms with Crippen molar-refractivity contribution >= 4 is 11.9 Å². The van der Waals surface area contributed by atoms with Crippen LogP contribution in [0, 0.1) is 6.92 Å². The van der Waals surface area contributed by atoms with Gasteiger partial charge in [0.1, 0.15) is 6.10 Å². The standard InChI is InChI=1S/C12H16N2O5/c1-6-3-7(5-14-10(6)12(18)19-2)11(17)8(15)4-9(13)16/h3,5,8,11,15,17H,4H2,1-2H3,(H2,13,16). The summed E-state index contributed by atoms with van der Waals surface area (Å²) < 4.78 is 4.54. The van der Waals surface area contributed by atoms with Gasteiger partial charge in [0, 0.05) is 11.8 Å². The highest BCUT2D eigenvalue weighted by atomic mass is 16.5. The number of amides is 1. The van der Waals surface area contributed by atoms with E-state index in [0.29, 0.717) is 11.1 Å². The number of primary amides is 1. The average Bonchev–Trinajstić information content (AvgIpc) is 2.36. The molecule has 1 rings (SSSR count). The fourth-order valence-electron chi connectivity index (χ4n) is 1.61. The summed E-state index contributed by atoms with van der Waals surface area (Å²) in [7, 11) is 1.24. The number of aromatic nitrogens is 1. The zero-order chi connectivity index (χ0) is 14.6. The fourth-order valence-corrected chi connectivity index (χ4v) is 1.61. The number of hydrogen-bond donors (Lipinski definition) is 3. The second-order valence-corrected chi connectivity index (χ2v) is 4.11. The molecular weight excluding hydrogens is 252 g/mol. The molecule has 7 heteroatoms. The molecule has 0 aliphatic carbocycles. The number of nitrogens with zero attached hydrogens (tertiary/aromatic N) is 1. The van der Waals surface area contributed by atoms with Gasteiger partial charge in [0.2, 0.25) is 5.91 Å². The van der Waals surface area contributed by atoms with Crippen molar-refractivity contribution in [2.75, 3.05) is 7.11 Å². The van der Waals surface area contributed by atoms with Gasteiger partial charge in [-0.05, 0) is 18.6 Å². The monoisotopic (exact) mass is 268 g/mol. The van der Waals surface area contributed by atoms with Gasteiger partial charge in [-0.3, -0.25) is 4.79 Å². The summed E-state index contributed by atoms with van der Waals surface area (Å²) in [5, 5.41) is 19.4. The summed E-state index contributed by atoms with van der Waals surface area (Å²) in [4.78, 5) is 25.9. The predicted molar refractivity (Wildman–Crippen MR) is 65.1 cm³/mol. The van der Waals surface area contributed by atoms with Crippen molar-refractivity contribution in [3.05, 3.63) is 29.1 Å². The number of rotatable bonds is 5. The highest BCUT2D eigenvalue weighted by Crippen LogP contribution is 2.20. The topological polar surface area (TPSA) is 123 Å². The second kappa shape index (κ2) is 6.26. The van der Waals surface area contributed by atoms with Crippen LogP contribution in [0.15, 0.2) is 12.3 Å². The van der Waals surface area contributed by atoms with E-state index in [2.05, 4.69) is 9.72 Å². The number of carbonyl (C=O) groups is 2. The van der Waals surface area contributed by atoms with Crippen LogP contribution in [0.1, 0.15) is 34.1 Å². The molecule has 0 aliphatic rings. The Balaban J connectivity index is 2.94. The molecule has 4 N–H and O–H groups in total. The molecular formula is C12H16N2O5. The van der Waals surface area contributed by atoms with Gasteiger partial charge in [-0.15, -0.1) is 0 Å². The number of carbonyl (C=O) groups excluding carboxylic acids is 2. The third-order valence-corrected chi connectivity index (χ3v) is 2.59. The quantitative estimate of drug-likeness (QED) is 0.615. The normalized spacial score (nSPS) is 13.7. The van der Waals surface area contributed by atoms with Crippen molar-refractivity contribution in [3.63, 3.8) is 0 Å². The lowest BCUT2D eigenvalue weighted by Crippen LogP contribution is -2.26. The van der Waals surface area contributed by atoms with Crippen LogP contribution in [-0.2, 0) is 9.53 Å². The van der Waals surface area contributed by atoms with Crippen molar-refractivity contribution in [1.29, 1.82) is 0 Å². The molecule has 1 heterocycles. The number of ether oxygens (including phenoxy) is 1. The summed E-state index contributed by atoms with van der Waals surface area (Å²) in [6.45, 7) is 1.62. The maximum absolute atomic E-state index is 11.3. The molecule has 7 nitrogen and oxygen atoms in total. The average molecular weight is 268 g/mol. The first-order valence-corrected chi connectivity index (χ1v) is 5.56. The lowest BCUT2D eigenvalue weighted by atomic mass is 10.0. The molecule has 1 aromatic rings. The second-order valence-electron chi connectivity index (χ2n) is 4.11. The summed E-state index contributed by atoms with van der Waals surface area (Å²) in [5.74, 6) is -1.31. The van der Waals surface area contributed by atoms with Crippen molar-refractivity contribution < 1.29 is 24.5 Å². The maximum Gasteiger partial charge on any atom is 0.356 e. The van der Waals surface area contributed by atoms with E-state index in [9.17, 15) is 19.8 Å². The SMILES string of the molecule is COC(=O)c1ncc(C(O)C(O)CC(N)=O)cc1C. The Bertz CT molecular complexity index is 489. The van der Waals surface area contributed by atoms with Gasteiger partial charge in [-0.1, -0.05) is 0 Å². The molecule has 1 amide bonds. The van der Waals surface area contributed by atoms with Crippen LogP contribution < -0.4 is 5.73 Å². The van der Waals surface area contributed by atoms with Gasteiger partial charge in [0.05, 0.1) is 19.6 Å². The summed E-state index contributed by atoms with van der Waals surface area (Å²) in [5.41, 5.74) is 5.85. The van der Waals surface area contributed by atoms with Gasteiger partial charge >= 0.3 is 5.97 Å². The van der Waals surface area contributed by atoms with Gasteiger partial charge in [0.15, 0.2) is 5.69 Å². The molecule has 2 unspecified atom stereocenters. The van der Waals surface area contributed by atoms with Crippen LogP contribution in [0.25, 0.3) is 0 Å². The highest BCUT2D eigenvalue weighted by molar-refractivity contribution is 5.88. The van der Waals surface area contributed by atoms with E-state index in [4.69, 9.17) is 5.73 Å². The summed E-state index contributed by atoms with van der Waals surface area (Å²) in [6.07, 6.45) is -1.74. The van der Waals surface area contributed by atoms with Crippen LogP contribution in [0.4, 0.5) is 0 Å². The van der Waals surface area contributed by atoms with E-state index in [1.807, 2.05) is 0 Å². The highest BCUT2D eigenvalue weighted by Gasteiger charge is 2.22. The Morgan fingerprint density at radius 1 is 1.47 bits per heavy atom. The minimum absolute atomic E-state index is 0.128. The fraction of sp³-hybridized carbons (Fsp3) is 0.417. The number of pyridine rings is 1. The number of nitrogens with two attached hydrogens (primary N) is 1. The minimum atomic E-state index is -1.32. The van der Waals surface area contributed by atoms with Crippen LogP contribution in [0.2, 0.25) is 0 Å². The van der Waals surface area contributed by atoms with E-state index in [-0.39, 0.29) is 12.1 Å². The number of hydrogen-bond acceptors (Lipinski definition) is 6. The minimum Gasteiger partial charge on any atom is -0.464 e. The van der Waals surface area contributed by atoms with E-state index in [1.165, 1.54) is 19.4 Å². The number of methoxy groups -OCH3 is 1. The summed E-state index contributed by atoms with van der Waals surface area (Å²) in [6, 6.07) is 1.49. The van der Waals surface area contributed by atoms with E-state index >= 15 is 0 Å². The molecule has 104 valence electrons. The molecule has 0 aromatic carbocycles. The van der Waals surface area contributed by atoms with Crippen LogP contribution in [0.5, 0.6) is 0 Å². The van der Waals surface area contributed by atoms with E-state index < -0.39 is 24.1 Å². The molecule has 0 fully saturated rings.